The summed E-state index contributed by atoms with van der Waals surface area (Å²) in [6.07, 6.45) is -3.63. The number of para-hydroxylation sites is 1. The van der Waals surface area contributed by atoms with Crippen molar-refractivity contribution in [3.05, 3.63) is 29.8 Å². The fraction of sp³-hybridized carbons (Fsp3) is 0.550. The molecule has 7 nitrogen and oxygen atoms in total. The van der Waals surface area contributed by atoms with Crippen molar-refractivity contribution in [1.82, 2.24) is 9.80 Å². The van der Waals surface area contributed by atoms with Crippen LogP contribution in [-0.2, 0) is 25.3 Å². The molecule has 1 heterocycles. The number of carbonyl (C=O) groups excluding carboxylic acids is 3. The fourth-order valence-corrected chi connectivity index (χ4v) is 3.09. The highest BCUT2D eigenvalue weighted by Crippen LogP contribution is 2.35. The van der Waals surface area contributed by atoms with Crippen molar-refractivity contribution in [1.29, 1.82) is 0 Å². The van der Waals surface area contributed by atoms with Crippen LogP contribution in [0.25, 0.3) is 0 Å². The molecule has 0 radical (unpaired) electrons. The van der Waals surface area contributed by atoms with E-state index in [9.17, 15) is 27.6 Å². The Balaban J connectivity index is 1.82. The summed E-state index contributed by atoms with van der Waals surface area (Å²) in [5.74, 6) is -1.88. The second kappa shape index (κ2) is 10.3. The van der Waals surface area contributed by atoms with Gasteiger partial charge in [0.05, 0.1) is 24.6 Å². The Bertz CT molecular complexity index is 761. The smallest absolute Gasteiger partial charge is 0.419 e. The molecule has 0 spiro atoms. The number of alkyl halides is 3. The predicted molar refractivity (Wildman–Crippen MR) is 101 cm³/mol. The summed E-state index contributed by atoms with van der Waals surface area (Å²) in [5.41, 5.74) is -0.971. The minimum atomic E-state index is -4.60. The molecule has 0 atom stereocenters. The second-order valence-electron chi connectivity index (χ2n) is 6.94. The molecule has 30 heavy (non-hydrogen) atoms. The number of benzene rings is 1. The molecule has 0 bridgehead atoms. The number of likely N-dealkylation sites (tertiary alicyclic amines) is 1. The van der Waals surface area contributed by atoms with Gasteiger partial charge in [-0.3, -0.25) is 14.4 Å². The van der Waals surface area contributed by atoms with Crippen LogP contribution >= 0.6 is 0 Å². The number of carbonyl (C=O) groups is 3. The average Bonchev–Trinajstić information content (AvgIpc) is 2.71. The van der Waals surface area contributed by atoms with Crippen molar-refractivity contribution in [2.45, 2.75) is 25.9 Å². The van der Waals surface area contributed by atoms with E-state index in [0.717, 1.165) is 17.0 Å². The first-order valence-electron chi connectivity index (χ1n) is 9.60. The zero-order chi connectivity index (χ0) is 22.3. The molecule has 0 saturated carbocycles. The van der Waals surface area contributed by atoms with E-state index in [1.54, 1.807) is 11.8 Å². The Morgan fingerprint density at radius 2 is 1.80 bits per heavy atom. The number of hydrogen-bond donors (Lipinski definition) is 0. The minimum absolute atomic E-state index is 0.229. The van der Waals surface area contributed by atoms with Crippen molar-refractivity contribution in [3.8, 4) is 5.75 Å². The topological polar surface area (TPSA) is 76.2 Å². The SMILES string of the molecule is CCOC(=O)C1CCN(C(=O)CN(C)C(=O)COc2ccccc2C(F)(F)F)CC1. The van der Waals surface area contributed by atoms with Crippen LogP contribution < -0.4 is 4.74 Å². The number of piperidine rings is 1. The number of ether oxygens (including phenoxy) is 2. The molecule has 0 unspecified atom stereocenters. The van der Waals surface area contributed by atoms with Crippen LogP contribution in [0.2, 0.25) is 0 Å². The van der Waals surface area contributed by atoms with E-state index in [1.807, 2.05) is 0 Å². The number of likely N-dealkylation sites (N-methyl/N-ethyl adjacent to an activating group) is 1. The van der Waals surface area contributed by atoms with Gasteiger partial charge in [0.15, 0.2) is 6.61 Å². The molecule has 2 rings (SSSR count). The molecule has 0 aromatic heterocycles. The average molecular weight is 430 g/mol. The lowest BCUT2D eigenvalue weighted by molar-refractivity contribution is -0.151. The van der Waals surface area contributed by atoms with Crippen LogP contribution in [0.15, 0.2) is 24.3 Å². The molecule has 1 aromatic rings. The van der Waals surface area contributed by atoms with Crippen LogP contribution in [0, 0.1) is 5.92 Å². The van der Waals surface area contributed by atoms with Gasteiger partial charge in [-0.1, -0.05) is 12.1 Å². The Morgan fingerprint density at radius 1 is 1.17 bits per heavy atom. The third kappa shape index (κ3) is 6.36. The maximum atomic E-state index is 13.0. The highest BCUT2D eigenvalue weighted by Gasteiger charge is 2.34. The Hall–Kier alpha value is -2.78. The largest absolute Gasteiger partial charge is 0.483 e. The summed E-state index contributed by atoms with van der Waals surface area (Å²) < 4.78 is 49.0. The quantitative estimate of drug-likeness (QED) is 0.621. The Kier molecular flexibility index (Phi) is 8.08. The van der Waals surface area contributed by atoms with Crippen molar-refractivity contribution in [2.24, 2.45) is 5.92 Å². The number of amides is 2. The normalized spacial score (nSPS) is 14.9. The van der Waals surface area contributed by atoms with Crippen LogP contribution in [0.4, 0.5) is 13.2 Å². The third-order valence-electron chi connectivity index (χ3n) is 4.81. The van der Waals surface area contributed by atoms with Crippen molar-refractivity contribution < 1.29 is 37.0 Å². The second-order valence-corrected chi connectivity index (χ2v) is 6.94. The highest BCUT2D eigenvalue weighted by atomic mass is 19.4. The van der Waals surface area contributed by atoms with E-state index >= 15 is 0 Å². The van der Waals surface area contributed by atoms with E-state index in [-0.39, 0.29) is 24.3 Å². The van der Waals surface area contributed by atoms with Gasteiger partial charge in [-0.05, 0) is 31.9 Å². The number of hydrogen-bond acceptors (Lipinski definition) is 5. The molecule has 0 N–H and O–H groups in total. The number of esters is 1. The lowest BCUT2D eigenvalue weighted by Gasteiger charge is -2.32. The van der Waals surface area contributed by atoms with E-state index in [4.69, 9.17) is 9.47 Å². The van der Waals surface area contributed by atoms with Gasteiger partial charge in [0.1, 0.15) is 5.75 Å². The lowest BCUT2D eigenvalue weighted by Crippen LogP contribution is -2.46. The van der Waals surface area contributed by atoms with Gasteiger partial charge in [0.2, 0.25) is 5.91 Å². The lowest BCUT2D eigenvalue weighted by atomic mass is 9.97. The maximum Gasteiger partial charge on any atom is 0.419 e. The molecule has 1 aliphatic rings. The number of nitrogens with zero attached hydrogens (tertiary/aromatic N) is 2. The van der Waals surface area contributed by atoms with E-state index in [1.165, 1.54) is 19.2 Å². The maximum absolute atomic E-state index is 13.0. The first-order valence-corrected chi connectivity index (χ1v) is 9.60. The van der Waals surface area contributed by atoms with Crippen LogP contribution in [-0.4, -0.2) is 67.5 Å². The molecule has 10 heteroatoms. The minimum Gasteiger partial charge on any atom is -0.483 e. The summed E-state index contributed by atoms with van der Waals surface area (Å²) in [5, 5.41) is 0. The molecule has 1 aromatic carbocycles. The van der Waals surface area contributed by atoms with Gasteiger partial charge in [0, 0.05) is 20.1 Å². The summed E-state index contributed by atoms with van der Waals surface area (Å²) in [6, 6.07) is 4.61. The van der Waals surface area contributed by atoms with Gasteiger partial charge in [-0.15, -0.1) is 0 Å². The first-order chi connectivity index (χ1) is 14.1. The molecule has 1 saturated heterocycles. The Labute approximate surface area is 172 Å². The molecule has 1 aliphatic heterocycles. The van der Waals surface area contributed by atoms with Gasteiger partial charge < -0.3 is 19.3 Å². The summed E-state index contributed by atoms with van der Waals surface area (Å²) in [7, 11) is 1.38. The van der Waals surface area contributed by atoms with Gasteiger partial charge >= 0.3 is 12.1 Å². The molecule has 2 amide bonds. The molecule has 1 fully saturated rings. The standard InChI is InChI=1S/C20H25F3N2O5/c1-3-29-19(28)14-8-10-25(11-9-14)17(26)12-24(2)18(27)13-30-16-7-5-4-6-15(16)20(21,22)23/h4-7,14H,3,8-13H2,1-2H3. The third-order valence-corrected chi connectivity index (χ3v) is 4.81. The van der Waals surface area contributed by atoms with Gasteiger partial charge in [-0.2, -0.15) is 13.2 Å². The summed E-state index contributed by atoms with van der Waals surface area (Å²) in [6.45, 7) is 1.93. The molecule has 0 aliphatic carbocycles. The first kappa shape index (κ1) is 23.5. The number of halogens is 3. The molecule has 166 valence electrons. The predicted octanol–water partition coefficient (Wildman–Crippen LogP) is 2.34. The van der Waals surface area contributed by atoms with Crippen molar-refractivity contribution >= 4 is 17.8 Å². The summed E-state index contributed by atoms with van der Waals surface area (Å²) in [4.78, 5) is 39.0. The molecular weight excluding hydrogens is 405 g/mol. The molecular formula is C20H25F3N2O5. The highest BCUT2D eigenvalue weighted by molar-refractivity contribution is 5.85. The van der Waals surface area contributed by atoms with Gasteiger partial charge in [0.25, 0.3) is 5.91 Å². The van der Waals surface area contributed by atoms with Gasteiger partial charge in [-0.25, -0.2) is 0 Å². The Morgan fingerprint density at radius 3 is 2.40 bits per heavy atom. The summed E-state index contributed by atoms with van der Waals surface area (Å²) >= 11 is 0. The van der Waals surface area contributed by atoms with Crippen molar-refractivity contribution in [3.63, 3.8) is 0 Å². The fourth-order valence-electron chi connectivity index (χ4n) is 3.09. The zero-order valence-corrected chi connectivity index (χ0v) is 16.9. The van der Waals surface area contributed by atoms with E-state index < -0.39 is 30.0 Å². The zero-order valence-electron chi connectivity index (χ0n) is 16.9. The number of rotatable bonds is 7. The van der Waals surface area contributed by atoms with E-state index in [2.05, 4.69) is 0 Å². The monoisotopic (exact) mass is 430 g/mol. The van der Waals surface area contributed by atoms with Crippen molar-refractivity contribution in [2.75, 3.05) is 39.9 Å². The van der Waals surface area contributed by atoms with Crippen LogP contribution in [0.5, 0.6) is 5.75 Å². The van der Waals surface area contributed by atoms with E-state index in [0.29, 0.717) is 32.5 Å². The van der Waals surface area contributed by atoms with Crippen LogP contribution in [0.1, 0.15) is 25.3 Å². The van der Waals surface area contributed by atoms with Crippen LogP contribution in [0.3, 0.4) is 0 Å².